The summed E-state index contributed by atoms with van der Waals surface area (Å²) >= 11 is 5.97. The molecule has 6 heteroatoms. The van der Waals surface area contributed by atoms with E-state index in [4.69, 9.17) is 17.3 Å². The molecule has 0 saturated carbocycles. The van der Waals surface area contributed by atoms with E-state index in [0.717, 1.165) is 16.9 Å². The highest BCUT2D eigenvalue weighted by molar-refractivity contribution is 6.31. The maximum atomic E-state index is 5.97. The van der Waals surface area contributed by atoms with Gasteiger partial charge in [0.05, 0.1) is 11.0 Å². The largest absolute Gasteiger partial charge is 0.370 e. The van der Waals surface area contributed by atoms with Crippen LogP contribution in [0.4, 0.5) is 0 Å². The van der Waals surface area contributed by atoms with Crippen LogP contribution in [-0.2, 0) is 13.6 Å². The van der Waals surface area contributed by atoms with Crippen LogP contribution in [0.1, 0.15) is 26.6 Å². The second-order valence-electron chi connectivity index (χ2n) is 5.80. The third-order valence-electron chi connectivity index (χ3n) is 2.83. The Kier molecular flexibility index (Phi) is 3.90. The van der Waals surface area contributed by atoms with Gasteiger partial charge < -0.3 is 15.6 Å². The molecule has 0 atom stereocenters. The van der Waals surface area contributed by atoms with Crippen LogP contribution >= 0.6 is 11.6 Å². The molecule has 0 fully saturated rings. The zero-order valence-corrected chi connectivity index (χ0v) is 13.0. The van der Waals surface area contributed by atoms with Crippen LogP contribution < -0.4 is 11.1 Å². The lowest BCUT2D eigenvalue weighted by Crippen LogP contribution is -2.45. The number of imidazole rings is 1. The van der Waals surface area contributed by atoms with E-state index in [1.807, 2.05) is 50.6 Å². The van der Waals surface area contributed by atoms with Crippen molar-refractivity contribution in [3.63, 3.8) is 0 Å². The van der Waals surface area contributed by atoms with Gasteiger partial charge in [0.1, 0.15) is 12.4 Å². The van der Waals surface area contributed by atoms with E-state index in [9.17, 15) is 0 Å². The van der Waals surface area contributed by atoms with Gasteiger partial charge in [-0.3, -0.25) is 0 Å². The van der Waals surface area contributed by atoms with E-state index in [1.54, 1.807) is 0 Å². The summed E-state index contributed by atoms with van der Waals surface area (Å²) in [7, 11) is 1.96. The standard InChI is InChI=1S/C14H20ClN5/c1-14(2,3)19-13(16)17-8-12-18-10-7-9(15)5-6-11(10)20(12)4/h5-7H,8H2,1-4H3,(H3,16,17,19). The number of nitrogens with one attached hydrogen (secondary N) is 1. The Hall–Kier alpha value is -1.75. The molecule has 0 radical (unpaired) electrons. The number of aliphatic imine (C=N–C) groups is 1. The fraction of sp³-hybridized carbons (Fsp3) is 0.429. The Morgan fingerprint density at radius 1 is 1.45 bits per heavy atom. The molecule has 3 N–H and O–H groups in total. The summed E-state index contributed by atoms with van der Waals surface area (Å²) in [4.78, 5) is 8.85. The van der Waals surface area contributed by atoms with Crippen molar-refractivity contribution >= 4 is 28.6 Å². The van der Waals surface area contributed by atoms with E-state index in [-0.39, 0.29) is 5.54 Å². The van der Waals surface area contributed by atoms with Crippen LogP contribution in [0.5, 0.6) is 0 Å². The van der Waals surface area contributed by atoms with Crippen LogP contribution in [0.3, 0.4) is 0 Å². The summed E-state index contributed by atoms with van der Waals surface area (Å²) in [5, 5.41) is 3.80. The second kappa shape index (κ2) is 5.32. The summed E-state index contributed by atoms with van der Waals surface area (Å²) in [6, 6.07) is 5.66. The van der Waals surface area contributed by atoms with E-state index in [0.29, 0.717) is 17.5 Å². The van der Waals surface area contributed by atoms with Gasteiger partial charge >= 0.3 is 0 Å². The van der Waals surface area contributed by atoms with Crippen LogP contribution in [0.15, 0.2) is 23.2 Å². The Labute approximate surface area is 123 Å². The first-order valence-electron chi connectivity index (χ1n) is 6.45. The normalized spacial score (nSPS) is 12.9. The molecule has 1 aromatic heterocycles. The van der Waals surface area contributed by atoms with Crippen LogP contribution in [0, 0.1) is 0 Å². The van der Waals surface area contributed by atoms with Crippen molar-refractivity contribution < 1.29 is 0 Å². The second-order valence-corrected chi connectivity index (χ2v) is 6.23. The molecule has 2 rings (SSSR count). The Bertz CT molecular complexity index is 651. The summed E-state index contributed by atoms with van der Waals surface area (Å²) in [6.07, 6.45) is 0. The number of fused-ring (bicyclic) bond motifs is 1. The maximum absolute atomic E-state index is 5.97. The molecule has 5 nitrogen and oxygen atoms in total. The number of halogens is 1. The minimum Gasteiger partial charge on any atom is -0.370 e. The van der Waals surface area contributed by atoms with Gasteiger partial charge in [-0.2, -0.15) is 0 Å². The number of nitrogens with zero attached hydrogens (tertiary/aromatic N) is 3. The van der Waals surface area contributed by atoms with E-state index in [2.05, 4.69) is 15.3 Å². The minimum absolute atomic E-state index is 0.104. The monoisotopic (exact) mass is 293 g/mol. The number of aryl methyl sites for hydroxylation is 1. The van der Waals surface area contributed by atoms with E-state index in [1.165, 1.54) is 0 Å². The maximum Gasteiger partial charge on any atom is 0.189 e. The van der Waals surface area contributed by atoms with Crippen molar-refractivity contribution in [1.82, 2.24) is 14.9 Å². The van der Waals surface area contributed by atoms with Gasteiger partial charge in [0.15, 0.2) is 5.96 Å². The van der Waals surface area contributed by atoms with Gasteiger partial charge in [0.2, 0.25) is 0 Å². The number of benzene rings is 1. The molecule has 0 amide bonds. The van der Waals surface area contributed by atoms with Crippen LogP contribution in [0.2, 0.25) is 5.02 Å². The minimum atomic E-state index is -0.104. The zero-order chi connectivity index (χ0) is 14.9. The Balaban J connectivity index is 2.22. The Morgan fingerprint density at radius 3 is 2.80 bits per heavy atom. The highest BCUT2D eigenvalue weighted by Gasteiger charge is 2.11. The molecule has 0 aliphatic heterocycles. The van der Waals surface area contributed by atoms with Crippen molar-refractivity contribution in [1.29, 1.82) is 0 Å². The molecule has 0 saturated heterocycles. The summed E-state index contributed by atoms with van der Waals surface area (Å²) in [5.74, 6) is 1.27. The predicted octanol–water partition coefficient (Wildman–Crippen LogP) is 2.43. The zero-order valence-electron chi connectivity index (χ0n) is 12.2. The first-order valence-corrected chi connectivity index (χ1v) is 6.83. The molecule has 1 heterocycles. The lowest BCUT2D eigenvalue weighted by molar-refractivity contribution is 0.508. The average molecular weight is 294 g/mol. The number of nitrogens with two attached hydrogens (primary N) is 1. The van der Waals surface area contributed by atoms with Gasteiger partial charge in [-0.25, -0.2) is 9.98 Å². The van der Waals surface area contributed by atoms with Gasteiger partial charge in [-0.1, -0.05) is 11.6 Å². The fourth-order valence-corrected chi connectivity index (χ4v) is 2.11. The van der Waals surface area contributed by atoms with Gasteiger partial charge in [0.25, 0.3) is 0 Å². The first-order chi connectivity index (χ1) is 9.26. The highest BCUT2D eigenvalue weighted by atomic mass is 35.5. The lowest BCUT2D eigenvalue weighted by atomic mass is 10.1. The Morgan fingerprint density at radius 2 is 2.15 bits per heavy atom. The predicted molar refractivity (Wildman–Crippen MR) is 83.9 cm³/mol. The van der Waals surface area contributed by atoms with Crippen molar-refractivity contribution in [2.45, 2.75) is 32.9 Å². The molecule has 0 unspecified atom stereocenters. The smallest absolute Gasteiger partial charge is 0.189 e. The molecule has 0 spiro atoms. The number of hydrogen-bond donors (Lipinski definition) is 2. The molecule has 2 aromatic rings. The molecule has 0 aliphatic carbocycles. The number of rotatable bonds is 2. The molecule has 1 aromatic carbocycles. The third kappa shape index (κ3) is 3.42. The summed E-state index contributed by atoms with van der Waals surface area (Å²) in [5.41, 5.74) is 7.65. The topological polar surface area (TPSA) is 68.2 Å². The lowest BCUT2D eigenvalue weighted by Gasteiger charge is -2.20. The molecule has 108 valence electrons. The highest BCUT2D eigenvalue weighted by Crippen LogP contribution is 2.19. The molecular formula is C14H20ClN5. The number of hydrogen-bond acceptors (Lipinski definition) is 2. The summed E-state index contributed by atoms with van der Waals surface area (Å²) in [6.45, 7) is 6.53. The van der Waals surface area contributed by atoms with E-state index < -0.39 is 0 Å². The van der Waals surface area contributed by atoms with Crippen LogP contribution in [-0.4, -0.2) is 21.0 Å². The van der Waals surface area contributed by atoms with Crippen molar-refractivity contribution in [2.75, 3.05) is 0 Å². The first kappa shape index (κ1) is 14.7. The third-order valence-corrected chi connectivity index (χ3v) is 3.06. The number of guanidine groups is 1. The molecule has 0 aliphatic rings. The van der Waals surface area contributed by atoms with Gasteiger partial charge in [-0.15, -0.1) is 0 Å². The molecular weight excluding hydrogens is 274 g/mol. The van der Waals surface area contributed by atoms with Crippen molar-refractivity contribution in [3.05, 3.63) is 29.0 Å². The van der Waals surface area contributed by atoms with Crippen molar-refractivity contribution in [2.24, 2.45) is 17.8 Å². The van der Waals surface area contributed by atoms with Gasteiger partial charge in [-0.05, 0) is 39.0 Å². The van der Waals surface area contributed by atoms with Crippen LogP contribution in [0.25, 0.3) is 11.0 Å². The molecule has 0 bridgehead atoms. The average Bonchev–Trinajstić information content (AvgIpc) is 2.61. The van der Waals surface area contributed by atoms with Gasteiger partial charge in [0, 0.05) is 17.6 Å². The van der Waals surface area contributed by atoms with E-state index >= 15 is 0 Å². The summed E-state index contributed by atoms with van der Waals surface area (Å²) < 4.78 is 2.00. The number of aromatic nitrogens is 2. The van der Waals surface area contributed by atoms with Crippen molar-refractivity contribution in [3.8, 4) is 0 Å². The quantitative estimate of drug-likeness (QED) is 0.660. The SMILES string of the molecule is Cn1c(CN=C(N)NC(C)(C)C)nc2cc(Cl)ccc21. The molecule has 20 heavy (non-hydrogen) atoms. The fourth-order valence-electron chi connectivity index (χ4n) is 1.94.